The maximum Gasteiger partial charge on any atom is 0.253 e. The quantitative estimate of drug-likeness (QED) is 0.463. The molecule has 0 atom stereocenters. The zero-order chi connectivity index (χ0) is 26.4. The molecule has 2 saturated heterocycles. The summed E-state index contributed by atoms with van der Waals surface area (Å²) < 4.78 is 20.0. The molecule has 0 amide bonds. The fourth-order valence-electron chi connectivity index (χ4n) is 5.72. The molecule has 0 radical (unpaired) electrons. The molecule has 7 nitrogen and oxygen atoms in total. The Morgan fingerprint density at radius 1 is 0.921 bits per heavy atom. The smallest absolute Gasteiger partial charge is 0.253 e. The second-order valence-corrected chi connectivity index (χ2v) is 10.5. The third-order valence-electron chi connectivity index (χ3n) is 8.10. The molecule has 0 unspecified atom stereocenters. The summed E-state index contributed by atoms with van der Waals surface area (Å²) >= 11 is 0. The summed E-state index contributed by atoms with van der Waals surface area (Å²) in [6.07, 6.45) is 9.05. The Labute approximate surface area is 234 Å². The molecule has 2 fully saturated rings. The van der Waals surface area contributed by atoms with Gasteiger partial charge in [0.15, 0.2) is 0 Å². The van der Waals surface area contributed by atoms with Crippen molar-refractivity contribution < 1.29 is 14.2 Å². The van der Waals surface area contributed by atoms with Gasteiger partial charge in [-0.05, 0) is 88.7 Å². The lowest BCUT2D eigenvalue weighted by Crippen LogP contribution is -2.41. The first-order valence-corrected chi connectivity index (χ1v) is 14.0. The van der Waals surface area contributed by atoms with Crippen LogP contribution in [0.3, 0.4) is 0 Å². The van der Waals surface area contributed by atoms with Crippen LogP contribution in [0.5, 0.6) is 11.5 Å². The molecule has 8 heteroatoms. The first kappa shape index (κ1) is 30.5. The summed E-state index contributed by atoms with van der Waals surface area (Å²) in [4.78, 5) is 15.2. The van der Waals surface area contributed by atoms with E-state index in [4.69, 9.17) is 14.2 Å². The van der Waals surface area contributed by atoms with Crippen LogP contribution < -0.4 is 20.3 Å². The van der Waals surface area contributed by atoms with Crippen LogP contribution in [0, 0.1) is 13.8 Å². The molecule has 38 heavy (non-hydrogen) atoms. The van der Waals surface area contributed by atoms with Crippen LogP contribution in [0.4, 0.5) is 0 Å². The standard InChI is InChI=1S/C30H45N3O4.ClH/c1-6-14-33-20-27(21(2)22(3)30(33)34)23-18-28(35-4)26(29(19-23)36-5)11-17-32-15-9-25(10-16-32)37-24-7-12-31-13-8-24;/h18-20,24-25,31H,6-17H2,1-5H3;1H. The SMILES string of the molecule is CCCn1cc(-c2cc(OC)c(CCN3CCC(OC4CCNCC4)CC3)c(OC)c2)c(C)c(C)c1=O.Cl. The number of piperidine rings is 2. The number of benzene rings is 1. The molecule has 3 heterocycles. The van der Waals surface area contributed by atoms with Gasteiger partial charge in [-0.25, -0.2) is 0 Å². The lowest BCUT2D eigenvalue weighted by Gasteiger charge is -2.35. The van der Waals surface area contributed by atoms with Gasteiger partial charge in [-0.1, -0.05) is 6.92 Å². The van der Waals surface area contributed by atoms with Crippen LogP contribution in [0.15, 0.2) is 23.1 Å². The van der Waals surface area contributed by atoms with E-state index in [1.165, 1.54) is 0 Å². The Bertz CT molecular complexity index is 1080. The zero-order valence-corrected chi connectivity index (χ0v) is 24.6. The van der Waals surface area contributed by atoms with Gasteiger partial charge in [-0.2, -0.15) is 0 Å². The molecule has 0 saturated carbocycles. The van der Waals surface area contributed by atoms with E-state index in [0.717, 1.165) is 111 Å². The number of aryl methyl sites for hydroxylation is 1. The zero-order valence-electron chi connectivity index (χ0n) is 23.8. The number of aromatic nitrogens is 1. The number of halogens is 1. The predicted octanol–water partition coefficient (Wildman–Crippen LogP) is 4.76. The number of nitrogens with zero attached hydrogens (tertiary/aromatic N) is 2. The van der Waals surface area contributed by atoms with Crippen LogP contribution in [0.25, 0.3) is 11.1 Å². The molecule has 1 aromatic heterocycles. The fourth-order valence-corrected chi connectivity index (χ4v) is 5.72. The van der Waals surface area contributed by atoms with Gasteiger partial charge in [-0.15, -0.1) is 12.4 Å². The fraction of sp³-hybridized carbons (Fsp3) is 0.633. The normalized spacial score (nSPS) is 17.3. The minimum atomic E-state index is 0. The summed E-state index contributed by atoms with van der Waals surface area (Å²) in [6, 6.07) is 4.19. The number of rotatable bonds is 10. The summed E-state index contributed by atoms with van der Waals surface area (Å²) in [7, 11) is 3.45. The van der Waals surface area contributed by atoms with Crippen molar-refractivity contribution in [2.75, 3.05) is 46.9 Å². The van der Waals surface area contributed by atoms with Gasteiger partial charge in [0.2, 0.25) is 0 Å². The minimum absolute atomic E-state index is 0. The number of nitrogens with one attached hydrogen (secondary N) is 1. The molecule has 2 aliphatic heterocycles. The van der Waals surface area contributed by atoms with Crippen molar-refractivity contribution in [3.63, 3.8) is 0 Å². The van der Waals surface area contributed by atoms with Gasteiger partial charge in [0.1, 0.15) is 11.5 Å². The molecule has 1 N–H and O–H groups in total. The van der Waals surface area contributed by atoms with E-state index in [9.17, 15) is 4.79 Å². The van der Waals surface area contributed by atoms with E-state index in [1.807, 2.05) is 24.6 Å². The Balaban J connectivity index is 0.00000400. The van der Waals surface area contributed by atoms with Crippen LogP contribution >= 0.6 is 12.4 Å². The summed E-state index contributed by atoms with van der Waals surface area (Å²) in [5.41, 5.74) is 5.04. The molecule has 0 aliphatic carbocycles. The average molecular weight is 548 g/mol. The number of likely N-dealkylation sites (tertiary alicyclic amines) is 1. The van der Waals surface area contributed by atoms with Crippen LogP contribution in [-0.4, -0.2) is 68.6 Å². The lowest BCUT2D eigenvalue weighted by molar-refractivity contribution is -0.0529. The van der Waals surface area contributed by atoms with Crippen molar-refractivity contribution in [3.8, 4) is 22.6 Å². The van der Waals surface area contributed by atoms with Gasteiger partial charge in [0.25, 0.3) is 5.56 Å². The van der Waals surface area contributed by atoms with E-state index in [1.54, 1.807) is 14.2 Å². The average Bonchev–Trinajstić information content (AvgIpc) is 2.93. The second kappa shape index (κ2) is 14.4. The Morgan fingerprint density at radius 3 is 2.11 bits per heavy atom. The molecule has 212 valence electrons. The minimum Gasteiger partial charge on any atom is -0.496 e. The highest BCUT2D eigenvalue weighted by Crippen LogP contribution is 2.37. The van der Waals surface area contributed by atoms with E-state index < -0.39 is 0 Å². The molecule has 0 bridgehead atoms. The Morgan fingerprint density at radius 2 is 1.53 bits per heavy atom. The van der Waals surface area contributed by atoms with Crippen molar-refractivity contribution in [3.05, 3.63) is 45.4 Å². The van der Waals surface area contributed by atoms with Crippen LogP contribution in [-0.2, 0) is 17.7 Å². The van der Waals surface area contributed by atoms with E-state index in [2.05, 4.69) is 29.3 Å². The molecule has 0 spiro atoms. The lowest BCUT2D eigenvalue weighted by atomic mass is 9.96. The number of methoxy groups -OCH3 is 2. The molecular weight excluding hydrogens is 502 g/mol. The molecule has 4 rings (SSSR count). The van der Waals surface area contributed by atoms with E-state index >= 15 is 0 Å². The highest BCUT2D eigenvalue weighted by Gasteiger charge is 2.25. The summed E-state index contributed by atoms with van der Waals surface area (Å²) in [5, 5.41) is 3.42. The number of hydrogen-bond donors (Lipinski definition) is 1. The maximum absolute atomic E-state index is 12.7. The Hall–Kier alpha value is -2.06. The topological polar surface area (TPSA) is 65.0 Å². The molecule has 1 aromatic carbocycles. The van der Waals surface area contributed by atoms with Gasteiger partial charge in [0, 0.05) is 49.1 Å². The Kier molecular flexibility index (Phi) is 11.5. The van der Waals surface area contributed by atoms with Crippen molar-refractivity contribution in [2.45, 2.75) is 78.0 Å². The van der Waals surface area contributed by atoms with Gasteiger partial charge in [0.05, 0.1) is 26.4 Å². The predicted molar refractivity (Wildman–Crippen MR) is 156 cm³/mol. The van der Waals surface area contributed by atoms with Crippen molar-refractivity contribution in [1.29, 1.82) is 0 Å². The van der Waals surface area contributed by atoms with E-state index in [0.29, 0.717) is 18.8 Å². The number of hydrogen-bond acceptors (Lipinski definition) is 6. The molecular formula is C30H46ClN3O4. The summed E-state index contributed by atoms with van der Waals surface area (Å²) in [5.74, 6) is 1.67. The van der Waals surface area contributed by atoms with Crippen molar-refractivity contribution in [1.82, 2.24) is 14.8 Å². The highest BCUT2D eigenvalue weighted by atomic mass is 35.5. The maximum atomic E-state index is 12.7. The summed E-state index contributed by atoms with van der Waals surface area (Å²) in [6.45, 7) is 12.0. The first-order chi connectivity index (χ1) is 17.9. The van der Waals surface area contributed by atoms with Crippen molar-refractivity contribution >= 4 is 12.4 Å². The highest BCUT2D eigenvalue weighted by molar-refractivity contribution is 5.85. The number of pyridine rings is 1. The second-order valence-electron chi connectivity index (χ2n) is 10.5. The van der Waals surface area contributed by atoms with Crippen LogP contribution in [0.2, 0.25) is 0 Å². The van der Waals surface area contributed by atoms with E-state index in [-0.39, 0.29) is 18.0 Å². The van der Waals surface area contributed by atoms with Gasteiger partial charge >= 0.3 is 0 Å². The molecule has 2 aliphatic rings. The van der Waals surface area contributed by atoms with Gasteiger partial charge < -0.3 is 29.0 Å². The largest absolute Gasteiger partial charge is 0.496 e. The first-order valence-electron chi connectivity index (χ1n) is 14.0. The third-order valence-corrected chi connectivity index (χ3v) is 8.10. The van der Waals surface area contributed by atoms with Crippen LogP contribution in [0.1, 0.15) is 55.7 Å². The van der Waals surface area contributed by atoms with Gasteiger partial charge in [-0.3, -0.25) is 4.79 Å². The van der Waals surface area contributed by atoms with Crippen molar-refractivity contribution in [2.24, 2.45) is 0 Å². The monoisotopic (exact) mass is 547 g/mol. The number of ether oxygens (including phenoxy) is 3. The third kappa shape index (κ3) is 7.12. The molecule has 2 aromatic rings.